The molecular formula is C22H28N2O4S. The summed E-state index contributed by atoms with van der Waals surface area (Å²) in [5.74, 6) is 0.576. The molecule has 0 saturated carbocycles. The Hall–Kier alpha value is -2.38. The second-order valence-electron chi connectivity index (χ2n) is 7.51. The van der Waals surface area contributed by atoms with Crippen molar-refractivity contribution in [3.63, 3.8) is 0 Å². The first-order valence-electron chi connectivity index (χ1n) is 9.90. The Labute approximate surface area is 172 Å². The third kappa shape index (κ3) is 4.79. The minimum absolute atomic E-state index is 0.110. The van der Waals surface area contributed by atoms with Crippen molar-refractivity contribution < 1.29 is 17.9 Å². The maximum Gasteiger partial charge on any atom is 0.224 e. The number of sulfonamides is 1. The molecule has 0 radical (unpaired) electrons. The van der Waals surface area contributed by atoms with Crippen LogP contribution in [0.15, 0.2) is 36.4 Å². The highest BCUT2D eigenvalue weighted by atomic mass is 32.2. The third-order valence-electron chi connectivity index (χ3n) is 5.14. The fourth-order valence-corrected chi connectivity index (χ4v) is 4.27. The van der Waals surface area contributed by atoms with Crippen molar-refractivity contribution >= 4 is 21.6 Å². The standard InChI is InChI=1S/C22H28N2O4S/c1-15(2)29(26,27)23-13-7-6-10-20(25)24-19-12-11-17-14-16-8-4-5-9-18(16)21(17)22(19)28-3/h4-5,8-9,11-12,15,23H,6-7,10,13-14H2,1-3H3,(H,24,25). The largest absolute Gasteiger partial charge is 0.494 e. The van der Waals surface area contributed by atoms with E-state index in [2.05, 4.69) is 22.2 Å². The van der Waals surface area contributed by atoms with E-state index in [0.29, 0.717) is 37.2 Å². The highest BCUT2D eigenvalue weighted by molar-refractivity contribution is 7.90. The molecule has 0 bridgehead atoms. The summed E-state index contributed by atoms with van der Waals surface area (Å²) < 4.78 is 31.6. The summed E-state index contributed by atoms with van der Waals surface area (Å²) in [5, 5.41) is 2.49. The zero-order valence-corrected chi connectivity index (χ0v) is 17.9. The van der Waals surface area contributed by atoms with Crippen molar-refractivity contribution in [2.24, 2.45) is 0 Å². The molecule has 0 fully saturated rings. The maximum absolute atomic E-state index is 12.4. The fraction of sp³-hybridized carbons (Fsp3) is 0.409. The number of methoxy groups -OCH3 is 1. The first-order valence-corrected chi connectivity index (χ1v) is 11.4. The predicted molar refractivity (Wildman–Crippen MR) is 116 cm³/mol. The summed E-state index contributed by atoms with van der Waals surface area (Å²) in [6.45, 7) is 3.61. The second-order valence-corrected chi connectivity index (χ2v) is 9.83. The summed E-state index contributed by atoms with van der Waals surface area (Å²) in [4.78, 5) is 12.4. The second kappa shape index (κ2) is 8.97. The van der Waals surface area contributed by atoms with Crippen LogP contribution in [0, 0.1) is 0 Å². The van der Waals surface area contributed by atoms with E-state index in [1.165, 1.54) is 11.1 Å². The van der Waals surface area contributed by atoms with Crippen LogP contribution >= 0.6 is 0 Å². The average Bonchev–Trinajstić information content (AvgIpc) is 3.06. The molecule has 3 rings (SSSR count). The topological polar surface area (TPSA) is 84.5 Å². The van der Waals surface area contributed by atoms with Crippen LogP contribution < -0.4 is 14.8 Å². The molecule has 7 heteroatoms. The Balaban J connectivity index is 1.60. The predicted octanol–water partition coefficient (Wildman–Crippen LogP) is 3.70. The fourth-order valence-electron chi connectivity index (χ4n) is 3.50. The van der Waals surface area contributed by atoms with Gasteiger partial charge in [0.2, 0.25) is 15.9 Å². The van der Waals surface area contributed by atoms with Gasteiger partial charge in [-0.3, -0.25) is 4.79 Å². The zero-order valence-electron chi connectivity index (χ0n) is 17.1. The summed E-state index contributed by atoms with van der Waals surface area (Å²) in [7, 11) is -1.64. The van der Waals surface area contributed by atoms with E-state index in [4.69, 9.17) is 4.74 Å². The minimum Gasteiger partial charge on any atom is -0.494 e. The lowest BCUT2D eigenvalue weighted by Gasteiger charge is -2.15. The smallest absolute Gasteiger partial charge is 0.224 e. The molecule has 0 heterocycles. The summed E-state index contributed by atoms with van der Waals surface area (Å²) in [5.41, 5.74) is 5.30. The summed E-state index contributed by atoms with van der Waals surface area (Å²) in [6, 6.07) is 12.1. The number of nitrogens with one attached hydrogen (secondary N) is 2. The number of hydrogen-bond acceptors (Lipinski definition) is 4. The van der Waals surface area contributed by atoms with Gasteiger partial charge in [0.1, 0.15) is 5.75 Å². The van der Waals surface area contributed by atoms with Crippen molar-refractivity contribution in [1.29, 1.82) is 0 Å². The molecule has 0 spiro atoms. The number of benzene rings is 2. The van der Waals surface area contributed by atoms with Gasteiger partial charge in [0.05, 0.1) is 18.0 Å². The molecule has 0 aromatic heterocycles. The Kier molecular flexibility index (Phi) is 6.59. The highest BCUT2D eigenvalue weighted by Crippen LogP contribution is 2.46. The Bertz CT molecular complexity index is 1000. The Morgan fingerprint density at radius 3 is 2.59 bits per heavy atom. The van der Waals surface area contributed by atoms with Crippen LogP contribution in [0.2, 0.25) is 0 Å². The van der Waals surface area contributed by atoms with Gasteiger partial charge in [-0.1, -0.05) is 30.3 Å². The number of anilines is 1. The third-order valence-corrected chi connectivity index (χ3v) is 6.99. The van der Waals surface area contributed by atoms with Crippen molar-refractivity contribution in [3.05, 3.63) is 47.5 Å². The Morgan fingerprint density at radius 1 is 1.10 bits per heavy atom. The lowest BCUT2D eigenvalue weighted by atomic mass is 10.0. The number of hydrogen-bond donors (Lipinski definition) is 2. The van der Waals surface area contributed by atoms with Gasteiger partial charge in [-0.05, 0) is 55.9 Å². The van der Waals surface area contributed by atoms with E-state index in [1.54, 1.807) is 21.0 Å². The van der Waals surface area contributed by atoms with E-state index in [-0.39, 0.29) is 5.91 Å². The van der Waals surface area contributed by atoms with Crippen LogP contribution in [-0.2, 0) is 21.2 Å². The number of ether oxygens (including phenoxy) is 1. The van der Waals surface area contributed by atoms with Gasteiger partial charge < -0.3 is 10.1 Å². The minimum atomic E-state index is -3.25. The van der Waals surface area contributed by atoms with E-state index < -0.39 is 15.3 Å². The van der Waals surface area contributed by atoms with Crippen LogP contribution in [0.25, 0.3) is 11.1 Å². The van der Waals surface area contributed by atoms with Gasteiger partial charge >= 0.3 is 0 Å². The van der Waals surface area contributed by atoms with Gasteiger partial charge in [0.25, 0.3) is 0 Å². The number of carbonyl (C=O) groups excluding carboxylic acids is 1. The molecule has 0 atom stereocenters. The highest BCUT2D eigenvalue weighted by Gasteiger charge is 2.24. The summed E-state index contributed by atoms with van der Waals surface area (Å²) in [6.07, 6.45) is 2.39. The molecule has 6 nitrogen and oxygen atoms in total. The zero-order chi connectivity index (χ0) is 21.0. The van der Waals surface area contributed by atoms with Crippen molar-refractivity contribution in [3.8, 4) is 16.9 Å². The van der Waals surface area contributed by atoms with Gasteiger partial charge in [-0.2, -0.15) is 0 Å². The van der Waals surface area contributed by atoms with Crippen molar-refractivity contribution in [1.82, 2.24) is 4.72 Å². The molecular weight excluding hydrogens is 388 g/mol. The number of fused-ring (bicyclic) bond motifs is 3. The van der Waals surface area contributed by atoms with E-state index >= 15 is 0 Å². The van der Waals surface area contributed by atoms with Gasteiger partial charge in [-0.15, -0.1) is 0 Å². The first kappa shape index (κ1) is 21.3. The molecule has 2 aromatic rings. The molecule has 156 valence electrons. The lowest BCUT2D eigenvalue weighted by molar-refractivity contribution is -0.116. The van der Waals surface area contributed by atoms with E-state index in [0.717, 1.165) is 17.5 Å². The molecule has 1 aliphatic carbocycles. The molecule has 0 unspecified atom stereocenters. The van der Waals surface area contributed by atoms with Gasteiger partial charge in [0, 0.05) is 18.5 Å². The molecule has 1 amide bonds. The van der Waals surface area contributed by atoms with Gasteiger partial charge in [-0.25, -0.2) is 13.1 Å². The monoisotopic (exact) mass is 416 g/mol. The molecule has 1 aliphatic rings. The normalized spacial score (nSPS) is 12.6. The quantitative estimate of drug-likeness (QED) is 0.521. The number of unbranched alkanes of at least 4 members (excludes halogenated alkanes) is 1. The molecule has 2 aromatic carbocycles. The first-order chi connectivity index (χ1) is 13.8. The molecule has 29 heavy (non-hydrogen) atoms. The molecule has 0 aliphatic heterocycles. The SMILES string of the molecule is COc1c(NC(=O)CCCCNS(=O)(=O)C(C)C)ccc2c1-c1ccccc1C2. The average molecular weight is 417 g/mol. The van der Waals surface area contributed by atoms with Crippen molar-refractivity contribution in [2.45, 2.75) is 44.8 Å². The van der Waals surface area contributed by atoms with Gasteiger partial charge in [0.15, 0.2) is 0 Å². The number of amides is 1. The maximum atomic E-state index is 12.4. The number of rotatable bonds is 9. The van der Waals surface area contributed by atoms with Crippen molar-refractivity contribution in [2.75, 3.05) is 19.0 Å². The van der Waals surface area contributed by atoms with Crippen LogP contribution in [0.5, 0.6) is 5.75 Å². The number of carbonyl (C=O) groups is 1. The van der Waals surface area contributed by atoms with Crippen LogP contribution in [0.3, 0.4) is 0 Å². The lowest BCUT2D eigenvalue weighted by Crippen LogP contribution is -2.31. The summed E-state index contributed by atoms with van der Waals surface area (Å²) >= 11 is 0. The van der Waals surface area contributed by atoms with E-state index in [1.807, 2.05) is 24.3 Å². The molecule has 0 saturated heterocycles. The molecule has 2 N–H and O–H groups in total. The van der Waals surface area contributed by atoms with Crippen LogP contribution in [0.1, 0.15) is 44.2 Å². The van der Waals surface area contributed by atoms with E-state index in [9.17, 15) is 13.2 Å². The van der Waals surface area contributed by atoms with Crippen LogP contribution in [0.4, 0.5) is 5.69 Å². The Morgan fingerprint density at radius 2 is 1.86 bits per heavy atom. The van der Waals surface area contributed by atoms with Crippen LogP contribution in [-0.4, -0.2) is 33.2 Å².